The van der Waals surface area contributed by atoms with Crippen LogP contribution in [0.4, 0.5) is 5.69 Å². The van der Waals surface area contributed by atoms with Gasteiger partial charge in [-0.05, 0) is 56.3 Å². The van der Waals surface area contributed by atoms with Crippen molar-refractivity contribution in [1.29, 1.82) is 0 Å². The SMILES string of the molecule is Cc1ccc(NC(c2cc(Cl)cc3c2[nH]c2ccc(Cl)cc23)C(C)O)cc1. The molecular formula is C22H20Cl2N2O. The zero-order valence-corrected chi connectivity index (χ0v) is 16.6. The molecule has 138 valence electrons. The van der Waals surface area contributed by atoms with E-state index < -0.39 is 6.10 Å². The third-order valence-electron chi connectivity index (χ3n) is 4.86. The highest BCUT2D eigenvalue weighted by Gasteiger charge is 2.22. The maximum atomic E-state index is 10.5. The van der Waals surface area contributed by atoms with E-state index in [-0.39, 0.29) is 6.04 Å². The van der Waals surface area contributed by atoms with E-state index in [0.29, 0.717) is 10.0 Å². The molecule has 0 bridgehead atoms. The molecule has 1 heterocycles. The van der Waals surface area contributed by atoms with Crippen molar-refractivity contribution in [3.05, 3.63) is 75.8 Å². The van der Waals surface area contributed by atoms with Crippen molar-refractivity contribution in [2.75, 3.05) is 5.32 Å². The van der Waals surface area contributed by atoms with Gasteiger partial charge < -0.3 is 15.4 Å². The summed E-state index contributed by atoms with van der Waals surface area (Å²) in [5, 5.41) is 17.3. The van der Waals surface area contributed by atoms with Crippen molar-refractivity contribution >= 4 is 50.7 Å². The lowest BCUT2D eigenvalue weighted by atomic mass is 9.98. The van der Waals surface area contributed by atoms with Crippen molar-refractivity contribution < 1.29 is 5.11 Å². The lowest BCUT2D eigenvalue weighted by Crippen LogP contribution is -2.23. The molecular weight excluding hydrogens is 379 g/mol. The van der Waals surface area contributed by atoms with E-state index in [1.807, 2.05) is 61.5 Å². The number of aliphatic hydroxyl groups is 1. The molecule has 3 nitrogen and oxygen atoms in total. The van der Waals surface area contributed by atoms with E-state index in [1.54, 1.807) is 6.92 Å². The summed E-state index contributed by atoms with van der Waals surface area (Å²) >= 11 is 12.6. The highest BCUT2D eigenvalue weighted by molar-refractivity contribution is 6.33. The van der Waals surface area contributed by atoms with Crippen LogP contribution in [0.2, 0.25) is 10.0 Å². The smallest absolute Gasteiger partial charge is 0.0791 e. The summed E-state index contributed by atoms with van der Waals surface area (Å²) in [5.74, 6) is 0. The van der Waals surface area contributed by atoms with Crippen molar-refractivity contribution in [1.82, 2.24) is 4.98 Å². The van der Waals surface area contributed by atoms with Crippen LogP contribution in [0.15, 0.2) is 54.6 Å². The van der Waals surface area contributed by atoms with Gasteiger partial charge in [0.1, 0.15) is 0 Å². The third-order valence-corrected chi connectivity index (χ3v) is 5.31. The molecule has 5 heteroatoms. The number of anilines is 1. The van der Waals surface area contributed by atoms with Crippen LogP contribution in [0.25, 0.3) is 21.8 Å². The third kappa shape index (κ3) is 3.51. The van der Waals surface area contributed by atoms with Crippen LogP contribution in [0, 0.1) is 6.92 Å². The molecule has 0 spiro atoms. The number of H-pyrrole nitrogens is 1. The second-order valence-corrected chi connectivity index (χ2v) is 7.83. The van der Waals surface area contributed by atoms with Gasteiger partial charge in [0.15, 0.2) is 0 Å². The molecule has 27 heavy (non-hydrogen) atoms. The zero-order chi connectivity index (χ0) is 19.1. The minimum atomic E-state index is -0.622. The van der Waals surface area contributed by atoms with Gasteiger partial charge in [-0.15, -0.1) is 0 Å². The van der Waals surface area contributed by atoms with Crippen LogP contribution < -0.4 is 5.32 Å². The van der Waals surface area contributed by atoms with Gasteiger partial charge in [-0.25, -0.2) is 0 Å². The van der Waals surface area contributed by atoms with Gasteiger partial charge in [0.25, 0.3) is 0 Å². The van der Waals surface area contributed by atoms with Crippen LogP contribution in [0.5, 0.6) is 0 Å². The Morgan fingerprint density at radius 1 is 0.926 bits per heavy atom. The fourth-order valence-electron chi connectivity index (χ4n) is 3.50. The van der Waals surface area contributed by atoms with Gasteiger partial charge in [-0.2, -0.15) is 0 Å². The van der Waals surface area contributed by atoms with Crippen LogP contribution in [-0.4, -0.2) is 16.2 Å². The molecule has 0 radical (unpaired) electrons. The summed E-state index contributed by atoms with van der Waals surface area (Å²) in [7, 11) is 0. The van der Waals surface area contributed by atoms with Crippen LogP contribution in [0.1, 0.15) is 24.1 Å². The molecule has 4 aromatic rings. The first kappa shape index (κ1) is 18.2. The van der Waals surface area contributed by atoms with Gasteiger partial charge in [0.2, 0.25) is 0 Å². The fourth-order valence-corrected chi connectivity index (χ4v) is 3.89. The van der Waals surface area contributed by atoms with Gasteiger partial charge >= 0.3 is 0 Å². The first-order valence-corrected chi connectivity index (χ1v) is 9.59. The normalized spacial score (nSPS) is 13.8. The maximum Gasteiger partial charge on any atom is 0.0791 e. The van der Waals surface area contributed by atoms with Gasteiger partial charge in [0.05, 0.1) is 17.7 Å². The summed E-state index contributed by atoms with van der Waals surface area (Å²) in [6.07, 6.45) is -0.622. The molecule has 3 aromatic carbocycles. The number of halogens is 2. The molecule has 2 atom stereocenters. The van der Waals surface area contributed by atoms with Crippen molar-refractivity contribution in [3.63, 3.8) is 0 Å². The van der Waals surface area contributed by atoms with Crippen LogP contribution >= 0.6 is 23.2 Å². The molecule has 0 aliphatic heterocycles. The molecule has 0 fully saturated rings. The van der Waals surface area contributed by atoms with Crippen molar-refractivity contribution in [2.45, 2.75) is 26.0 Å². The Hall–Kier alpha value is -2.20. The van der Waals surface area contributed by atoms with E-state index in [0.717, 1.165) is 33.1 Å². The van der Waals surface area contributed by atoms with Gasteiger partial charge in [0, 0.05) is 37.6 Å². The van der Waals surface area contributed by atoms with E-state index in [4.69, 9.17) is 23.2 Å². The van der Waals surface area contributed by atoms with E-state index >= 15 is 0 Å². The zero-order valence-electron chi connectivity index (χ0n) is 15.1. The van der Waals surface area contributed by atoms with Gasteiger partial charge in [-0.3, -0.25) is 0 Å². The predicted molar refractivity (Wildman–Crippen MR) is 115 cm³/mol. The quantitative estimate of drug-likeness (QED) is 0.368. The number of fused-ring (bicyclic) bond motifs is 3. The number of aliphatic hydroxyl groups excluding tert-OH is 1. The Bertz CT molecular complexity index is 1120. The summed E-state index contributed by atoms with van der Waals surface area (Å²) in [5.41, 5.74) is 4.98. The van der Waals surface area contributed by atoms with Crippen molar-refractivity contribution in [3.8, 4) is 0 Å². The van der Waals surface area contributed by atoms with E-state index in [1.165, 1.54) is 5.56 Å². The number of hydrogen-bond acceptors (Lipinski definition) is 2. The fraction of sp³-hybridized carbons (Fsp3) is 0.182. The summed E-state index contributed by atoms with van der Waals surface area (Å²) in [4.78, 5) is 3.46. The molecule has 0 saturated carbocycles. The first-order chi connectivity index (χ1) is 12.9. The summed E-state index contributed by atoms with van der Waals surface area (Å²) < 4.78 is 0. The maximum absolute atomic E-state index is 10.5. The topological polar surface area (TPSA) is 48.0 Å². The highest BCUT2D eigenvalue weighted by Crippen LogP contribution is 2.36. The Kier molecular flexibility index (Phi) is 4.77. The second-order valence-electron chi connectivity index (χ2n) is 6.96. The molecule has 2 unspecified atom stereocenters. The Labute approximate surface area is 167 Å². The minimum absolute atomic E-state index is 0.322. The van der Waals surface area contributed by atoms with Gasteiger partial charge in [-0.1, -0.05) is 40.9 Å². The lowest BCUT2D eigenvalue weighted by molar-refractivity contribution is 0.172. The largest absolute Gasteiger partial charge is 0.391 e. The number of aryl methyl sites for hydroxylation is 1. The highest BCUT2D eigenvalue weighted by atomic mass is 35.5. The standard InChI is InChI=1S/C22H20Cl2N2O/c1-12-3-6-16(7-4-12)25-21(13(2)27)19-11-15(24)10-18-17-9-14(23)5-8-20(17)26-22(18)19/h3-11,13,21,25-27H,1-2H3. The minimum Gasteiger partial charge on any atom is -0.391 e. The summed E-state index contributed by atoms with van der Waals surface area (Å²) in [6, 6.07) is 17.4. The van der Waals surface area contributed by atoms with Crippen LogP contribution in [0.3, 0.4) is 0 Å². The molecule has 0 saturated heterocycles. The summed E-state index contributed by atoms with van der Waals surface area (Å²) in [6.45, 7) is 3.82. The number of aromatic nitrogens is 1. The average molecular weight is 399 g/mol. The molecule has 4 rings (SSSR count). The first-order valence-electron chi connectivity index (χ1n) is 8.84. The van der Waals surface area contributed by atoms with E-state index in [2.05, 4.69) is 10.3 Å². The number of hydrogen-bond donors (Lipinski definition) is 3. The lowest BCUT2D eigenvalue weighted by Gasteiger charge is -2.24. The number of rotatable bonds is 4. The molecule has 0 aliphatic rings. The average Bonchev–Trinajstić information content (AvgIpc) is 2.98. The van der Waals surface area contributed by atoms with Crippen LogP contribution in [-0.2, 0) is 0 Å². The Morgan fingerprint density at radius 2 is 1.63 bits per heavy atom. The monoisotopic (exact) mass is 398 g/mol. The molecule has 3 N–H and O–H groups in total. The number of benzene rings is 3. The second kappa shape index (κ2) is 7.08. The number of nitrogens with one attached hydrogen (secondary N) is 2. The Balaban J connectivity index is 1.88. The van der Waals surface area contributed by atoms with Crippen molar-refractivity contribution in [2.24, 2.45) is 0 Å². The Morgan fingerprint density at radius 3 is 2.33 bits per heavy atom. The molecule has 0 amide bonds. The predicted octanol–water partition coefficient (Wildman–Crippen LogP) is 6.47. The number of aromatic amines is 1. The van der Waals surface area contributed by atoms with E-state index in [9.17, 15) is 5.11 Å². The molecule has 1 aromatic heterocycles. The molecule has 0 aliphatic carbocycles.